The van der Waals surface area contributed by atoms with Crippen molar-refractivity contribution >= 4 is 11.7 Å². The molecule has 0 radical (unpaired) electrons. The van der Waals surface area contributed by atoms with Gasteiger partial charge in [0, 0.05) is 12.7 Å². The number of anilines is 1. The fourth-order valence-corrected chi connectivity index (χ4v) is 2.35. The molecule has 0 bridgehead atoms. The molecule has 3 N–H and O–H groups in total. The van der Waals surface area contributed by atoms with Gasteiger partial charge in [-0.3, -0.25) is 4.79 Å². The Bertz CT molecular complexity index is 595. The van der Waals surface area contributed by atoms with Crippen molar-refractivity contribution in [3.63, 3.8) is 0 Å². The molecule has 1 aliphatic rings. The highest BCUT2D eigenvalue weighted by Crippen LogP contribution is 2.29. The third-order valence-electron chi connectivity index (χ3n) is 3.52. The van der Waals surface area contributed by atoms with E-state index < -0.39 is 29.0 Å². The standard InChI is InChI=1S/C14H18F3N3O3/c15-14(16,17)9-7-11(12(21)19-8-9)20-13(22)18-5-6-23-10-3-1-2-4-10/h7-8,10H,1-6H2,(H,19,21)(H2,18,20,22). The number of carbonyl (C=O) groups excluding carboxylic acids is 1. The first-order chi connectivity index (χ1) is 10.9. The van der Waals surface area contributed by atoms with Crippen LogP contribution in [0.25, 0.3) is 0 Å². The number of hydrogen-bond donors (Lipinski definition) is 3. The highest BCUT2D eigenvalue weighted by molar-refractivity contribution is 5.89. The van der Waals surface area contributed by atoms with Gasteiger partial charge in [0.15, 0.2) is 0 Å². The first-order valence-electron chi connectivity index (χ1n) is 7.32. The van der Waals surface area contributed by atoms with E-state index in [4.69, 9.17) is 4.74 Å². The van der Waals surface area contributed by atoms with Gasteiger partial charge in [0.05, 0.1) is 18.3 Å². The van der Waals surface area contributed by atoms with Gasteiger partial charge in [-0.2, -0.15) is 13.2 Å². The SMILES string of the molecule is O=C(NCCOC1CCCC1)Nc1cc(C(F)(F)F)c[nH]c1=O. The van der Waals surface area contributed by atoms with Crippen LogP contribution in [0, 0.1) is 0 Å². The predicted octanol–water partition coefficient (Wildman–Crippen LogP) is 2.47. The number of carbonyl (C=O) groups is 1. The van der Waals surface area contributed by atoms with Crippen molar-refractivity contribution in [2.45, 2.75) is 38.0 Å². The summed E-state index contributed by atoms with van der Waals surface area (Å²) in [6.07, 6.45) is 0.449. The third-order valence-corrected chi connectivity index (χ3v) is 3.52. The molecule has 2 rings (SSSR count). The van der Waals surface area contributed by atoms with Crippen LogP contribution in [0.15, 0.2) is 17.1 Å². The number of urea groups is 1. The van der Waals surface area contributed by atoms with E-state index in [1.54, 1.807) is 0 Å². The van der Waals surface area contributed by atoms with Crippen molar-refractivity contribution in [2.75, 3.05) is 18.5 Å². The van der Waals surface area contributed by atoms with E-state index in [1.165, 1.54) is 0 Å². The second-order valence-corrected chi connectivity index (χ2v) is 5.29. The largest absolute Gasteiger partial charge is 0.417 e. The van der Waals surface area contributed by atoms with Crippen LogP contribution in [-0.2, 0) is 10.9 Å². The van der Waals surface area contributed by atoms with E-state index in [-0.39, 0.29) is 12.6 Å². The Morgan fingerprint density at radius 2 is 2.04 bits per heavy atom. The molecule has 0 unspecified atom stereocenters. The van der Waals surface area contributed by atoms with Gasteiger partial charge >= 0.3 is 12.2 Å². The third kappa shape index (κ3) is 5.27. The lowest BCUT2D eigenvalue weighted by Gasteiger charge is -2.12. The van der Waals surface area contributed by atoms with Crippen LogP contribution >= 0.6 is 0 Å². The number of alkyl halides is 3. The summed E-state index contributed by atoms with van der Waals surface area (Å²) in [6, 6.07) is -0.169. The molecule has 0 atom stereocenters. The Hall–Kier alpha value is -2.03. The summed E-state index contributed by atoms with van der Waals surface area (Å²) in [7, 11) is 0. The number of pyridine rings is 1. The van der Waals surface area contributed by atoms with Crippen molar-refractivity contribution in [3.05, 3.63) is 28.2 Å². The van der Waals surface area contributed by atoms with E-state index in [0.29, 0.717) is 18.9 Å². The molecule has 2 amide bonds. The number of hydrogen-bond acceptors (Lipinski definition) is 3. The van der Waals surface area contributed by atoms with E-state index in [1.807, 2.05) is 4.98 Å². The predicted molar refractivity (Wildman–Crippen MR) is 77.3 cm³/mol. The zero-order valence-electron chi connectivity index (χ0n) is 12.3. The molecule has 1 saturated carbocycles. The number of nitrogens with one attached hydrogen (secondary N) is 3. The highest BCUT2D eigenvalue weighted by Gasteiger charge is 2.31. The fourth-order valence-electron chi connectivity index (χ4n) is 2.35. The molecule has 23 heavy (non-hydrogen) atoms. The number of ether oxygens (including phenoxy) is 1. The minimum absolute atomic E-state index is 0.208. The van der Waals surface area contributed by atoms with Gasteiger partial charge in [-0.25, -0.2) is 4.79 Å². The van der Waals surface area contributed by atoms with Crippen molar-refractivity contribution in [1.82, 2.24) is 10.3 Å². The Balaban J connectivity index is 1.81. The summed E-state index contributed by atoms with van der Waals surface area (Å²) in [5.74, 6) is 0. The molecule has 1 heterocycles. The Morgan fingerprint density at radius 3 is 2.70 bits per heavy atom. The first kappa shape index (κ1) is 17.3. The van der Waals surface area contributed by atoms with E-state index in [9.17, 15) is 22.8 Å². The van der Waals surface area contributed by atoms with Crippen LogP contribution in [0.2, 0.25) is 0 Å². The Kier molecular flexibility index (Phi) is 5.64. The summed E-state index contributed by atoms with van der Waals surface area (Å²) in [6.45, 7) is 0.524. The smallest absolute Gasteiger partial charge is 0.376 e. The molecule has 0 aromatic carbocycles. The normalized spacial score (nSPS) is 15.6. The van der Waals surface area contributed by atoms with Gasteiger partial charge < -0.3 is 20.4 Å². The summed E-state index contributed by atoms with van der Waals surface area (Å²) < 4.78 is 43.2. The van der Waals surface area contributed by atoms with Gasteiger partial charge in [-0.15, -0.1) is 0 Å². The quantitative estimate of drug-likeness (QED) is 0.724. The van der Waals surface area contributed by atoms with E-state index in [2.05, 4.69) is 10.6 Å². The topological polar surface area (TPSA) is 83.2 Å². The van der Waals surface area contributed by atoms with Crippen molar-refractivity contribution in [1.29, 1.82) is 0 Å². The molecule has 1 aromatic heterocycles. The average molecular weight is 333 g/mol. The highest BCUT2D eigenvalue weighted by atomic mass is 19.4. The van der Waals surface area contributed by atoms with Crippen LogP contribution < -0.4 is 16.2 Å². The number of halogens is 3. The lowest BCUT2D eigenvalue weighted by atomic mass is 10.2. The summed E-state index contributed by atoms with van der Waals surface area (Å²) >= 11 is 0. The van der Waals surface area contributed by atoms with Gasteiger partial charge in [-0.05, 0) is 18.9 Å². The van der Waals surface area contributed by atoms with Gasteiger partial charge in [0.25, 0.3) is 5.56 Å². The summed E-state index contributed by atoms with van der Waals surface area (Å²) in [4.78, 5) is 25.0. The van der Waals surface area contributed by atoms with Crippen LogP contribution in [0.3, 0.4) is 0 Å². The van der Waals surface area contributed by atoms with Crippen LogP contribution in [0.1, 0.15) is 31.2 Å². The lowest BCUT2D eigenvalue weighted by molar-refractivity contribution is -0.137. The minimum atomic E-state index is -4.60. The maximum atomic E-state index is 12.6. The molecular weight excluding hydrogens is 315 g/mol. The summed E-state index contributed by atoms with van der Waals surface area (Å²) in [5, 5.41) is 4.53. The maximum Gasteiger partial charge on any atom is 0.417 e. The number of aromatic nitrogens is 1. The van der Waals surface area contributed by atoms with E-state index >= 15 is 0 Å². The van der Waals surface area contributed by atoms with Crippen molar-refractivity contribution in [2.24, 2.45) is 0 Å². The molecule has 0 spiro atoms. The van der Waals surface area contributed by atoms with Crippen LogP contribution in [0.5, 0.6) is 0 Å². The number of H-pyrrole nitrogens is 1. The van der Waals surface area contributed by atoms with Gasteiger partial charge in [0.1, 0.15) is 5.69 Å². The van der Waals surface area contributed by atoms with Crippen molar-refractivity contribution in [3.8, 4) is 0 Å². The fraction of sp³-hybridized carbons (Fsp3) is 0.571. The minimum Gasteiger partial charge on any atom is -0.376 e. The van der Waals surface area contributed by atoms with Crippen LogP contribution in [-0.4, -0.2) is 30.3 Å². The molecule has 1 aromatic rings. The second-order valence-electron chi connectivity index (χ2n) is 5.29. The van der Waals surface area contributed by atoms with Gasteiger partial charge in [-0.1, -0.05) is 12.8 Å². The van der Waals surface area contributed by atoms with Crippen molar-refractivity contribution < 1.29 is 22.7 Å². The molecule has 9 heteroatoms. The molecule has 1 aliphatic carbocycles. The summed E-state index contributed by atoms with van der Waals surface area (Å²) in [5.41, 5.74) is -2.32. The number of aromatic amines is 1. The monoisotopic (exact) mass is 333 g/mol. The molecular formula is C14H18F3N3O3. The zero-order chi connectivity index (χ0) is 16.9. The lowest BCUT2D eigenvalue weighted by Crippen LogP contribution is -2.34. The first-order valence-corrected chi connectivity index (χ1v) is 7.32. The Morgan fingerprint density at radius 1 is 1.35 bits per heavy atom. The zero-order valence-corrected chi connectivity index (χ0v) is 12.3. The molecule has 128 valence electrons. The van der Waals surface area contributed by atoms with Crippen LogP contribution in [0.4, 0.5) is 23.7 Å². The molecule has 0 aliphatic heterocycles. The average Bonchev–Trinajstić information content (AvgIpc) is 2.98. The molecule has 0 saturated heterocycles. The Labute approximate surface area is 130 Å². The molecule has 6 nitrogen and oxygen atoms in total. The number of amides is 2. The maximum absolute atomic E-state index is 12.6. The van der Waals surface area contributed by atoms with E-state index in [0.717, 1.165) is 25.7 Å². The second kappa shape index (κ2) is 7.49. The van der Waals surface area contributed by atoms with Gasteiger partial charge in [0.2, 0.25) is 0 Å². The molecule has 1 fully saturated rings. The number of rotatable bonds is 5.